The van der Waals surface area contributed by atoms with Crippen molar-refractivity contribution in [2.45, 2.75) is 26.3 Å². The van der Waals surface area contributed by atoms with Gasteiger partial charge in [0.05, 0.1) is 12.3 Å². The Hall–Kier alpha value is -3.35. The van der Waals surface area contributed by atoms with Crippen molar-refractivity contribution in [1.82, 2.24) is 4.90 Å². The van der Waals surface area contributed by atoms with E-state index in [0.29, 0.717) is 29.0 Å². The van der Waals surface area contributed by atoms with Gasteiger partial charge in [0.2, 0.25) is 0 Å². The molecule has 1 amide bonds. The van der Waals surface area contributed by atoms with Crippen LogP contribution in [0.15, 0.2) is 50.6 Å². The van der Waals surface area contributed by atoms with Gasteiger partial charge in [-0.05, 0) is 43.2 Å². The monoisotopic (exact) mass is 381 g/mol. The number of hydrogen-bond acceptors (Lipinski definition) is 6. The molecule has 7 nitrogen and oxygen atoms in total. The van der Waals surface area contributed by atoms with Crippen LogP contribution in [0.3, 0.4) is 0 Å². The van der Waals surface area contributed by atoms with Crippen LogP contribution in [-0.2, 0) is 0 Å². The highest BCUT2D eigenvalue weighted by Crippen LogP contribution is 2.29. The molecule has 0 bridgehead atoms. The van der Waals surface area contributed by atoms with Crippen LogP contribution in [0.2, 0.25) is 0 Å². The van der Waals surface area contributed by atoms with E-state index in [0.717, 1.165) is 0 Å². The molecule has 2 aromatic carbocycles. The second-order valence-electron chi connectivity index (χ2n) is 6.83. The summed E-state index contributed by atoms with van der Waals surface area (Å²) in [5.74, 6) is 0.560. The van der Waals surface area contributed by atoms with Crippen molar-refractivity contribution in [3.63, 3.8) is 0 Å². The van der Waals surface area contributed by atoms with E-state index < -0.39 is 10.9 Å². The summed E-state index contributed by atoms with van der Waals surface area (Å²) in [5, 5.41) is 6.14. The Bertz CT molecular complexity index is 1060. The van der Waals surface area contributed by atoms with Gasteiger partial charge in [0.1, 0.15) is 17.1 Å². The summed E-state index contributed by atoms with van der Waals surface area (Å²) in [6.07, 6.45) is 2.25. The molecule has 7 heteroatoms. The van der Waals surface area contributed by atoms with Gasteiger partial charge in [-0.15, -0.1) is 0 Å². The average molecular weight is 381 g/mol. The molecular weight excluding hydrogens is 358 g/mol. The van der Waals surface area contributed by atoms with Crippen LogP contribution in [0.4, 0.5) is 17.1 Å². The highest BCUT2D eigenvalue weighted by atomic mass is 16.3. The van der Waals surface area contributed by atoms with E-state index in [9.17, 15) is 14.4 Å². The Kier molecular flexibility index (Phi) is 5.35. The van der Waals surface area contributed by atoms with E-state index in [2.05, 4.69) is 10.6 Å². The van der Waals surface area contributed by atoms with Gasteiger partial charge >= 0.3 is 0 Å². The maximum atomic E-state index is 12.3. The van der Waals surface area contributed by atoms with Gasteiger partial charge in [0.15, 0.2) is 0 Å². The van der Waals surface area contributed by atoms with Crippen molar-refractivity contribution in [3.05, 3.63) is 73.9 Å². The number of rotatable bonds is 7. The number of nitrogens with zero attached hydrogens (tertiary/aromatic N) is 1. The highest BCUT2D eigenvalue weighted by molar-refractivity contribution is 5.97. The molecule has 0 aliphatic rings. The van der Waals surface area contributed by atoms with Crippen molar-refractivity contribution >= 4 is 23.0 Å². The Morgan fingerprint density at radius 1 is 1.11 bits per heavy atom. The van der Waals surface area contributed by atoms with Crippen LogP contribution >= 0.6 is 0 Å². The third-order valence-corrected chi connectivity index (χ3v) is 4.75. The molecule has 1 heterocycles. The summed E-state index contributed by atoms with van der Waals surface area (Å²) in [4.78, 5) is 38.1. The lowest BCUT2D eigenvalue weighted by Crippen LogP contribution is -2.37. The molecule has 0 radical (unpaired) electrons. The number of nitrogens with one attached hydrogen (secondary N) is 2. The van der Waals surface area contributed by atoms with Gasteiger partial charge in [0.25, 0.3) is 16.8 Å². The fourth-order valence-corrected chi connectivity index (χ4v) is 3.07. The summed E-state index contributed by atoms with van der Waals surface area (Å²) in [5.41, 5.74) is 1.13. The molecule has 1 unspecified atom stereocenters. The predicted molar refractivity (Wildman–Crippen MR) is 109 cm³/mol. The zero-order valence-corrected chi connectivity index (χ0v) is 16.3. The van der Waals surface area contributed by atoms with Gasteiger partial charge in [-0.1, -0.05) is 13.0 Å². The second kappa shape index (κ2) is 7.72. The molecule has 0 aliphatic carbocycles. The lowest BCUT2D eigenvalue weighted by Gasteiger charge is -2.21. The highest BCUT2D eigenvalue weighted by Gasteiger charge is 2.25. The van der Waals surface area contributed by atoms with Crippen LogP contribution in [0.1, 0.15) is 41.1 Å². The maximum absolute atomic E-state index is 12.3. The number of amides is 1. The van der Waals surface area contributed by atoms with Crippen LogP contribution in [-0.4, -0.2) is 24.9 Å². The summed E-state index contributed by atoms with van der Waals surface area (Å²) in [6, 6.07) is 8.61. The standard InChI is InChI=1S/C21H23N3O4/c1-5-14(16-10-7-11-28-16)22-17-18(20(26)19(17)25)23-15-9-6-8-13(12(15)2)21(27)24(3)4/h6-11,14,22-23H,5H2,1-4H3. The number of carbonyl (C=O) groups excluding carboxylic acids is 1. The van der Waals surface area contributed by atoms with Crippen molar-refractivity contribution in [2.24, 2.45) is 0 Å². The Balaban J connectivity index is 1.90. The third-order valence-electron chi connectivity index (χ3n) is 4.75. The lowest BCUT2D eigenvalue weighted by molar-refractivity contribution is 0.0827. The van der Waals surface area contributed by atoms with Crippen molar-refractivity contribution < 1.29 is 9.21 Å². The molecule has 146 valence electrons. The van der Waals surface area contributed by atoms with E-state index in [1.54, 1.807) is 51.5 Å². The van der Waals surface area contributed by atoms with Gasteiger partial charge in [0, 0.05) is 25.3 Å². The van der Waals surface area contributed by atoms with Gasteiger partial charge < -0.3 is 20.0 Å². The minimum absolute atomic E-state index is 0.131. The molecule has 3 rings (SSSR count). The first-order valence-corrected chi connectivity index (χ1v) is 9.06. The minimum atomic E-state index is -0.583. The van der Waals surface area contributed by atoms with Crippen LogP contribution in [0, 0.1) is 6.92 Å². The molecule has 3 aromatic rings. The van der Waals surface area contributed by atoms with Crippen molar-refractivity contribution in [1.29, 1.82) is 0 Å². The minimum Gasteiger partial charge on any atom is -0.467 e. The number of benzene rings is 1. The van der Waals surface area contributed by atoms with Crippen LogP contribution in [0.5, 0.6) is 0 Å². The molecule has 0 fully saturated rings. The molecule has 0 saturated heterocycles. The van der Waals surface area contributed by atoms with E-state index in [-0.39, 0.29) is 23.3 Å². The summed E-state index contributed by atoms with van der Waals surface area (Å²) in [7, 11) is 3.36. The Morgan fingerprint density at radius 3 is 2.43 bits per heavy atom. The van der Waals surface area contributed by atoms with Crippen LogP contribution in [0.25, 0.3) is 0 Å². The van der Waals surface area contributed by atoms with E-state index in [1.807, 2.05) is 13.0 Å². The molecule has 1 aromatic heterocycles. The number of carbonyl (C=O) groups is 1. The smallest absolute Gasteiger partial charge is 0.253 e. The molecular formula is C21H23N3O4. The SMILES string of the molecule is CCC(Nc1c(Nc2cccc(C(=O)N(C)C)c2C)c(=O)c1=O)c1ccco1. The number of hydrogen-bond donors (Lipinski definition) is 2. The molecule has 1 atom stereocenters. The second-order valence-corrected chi connectivity index (χ2v) is 6.83. The molecule has 0 spiro atoms. The zero-order chi connectivity index (χ0) is 20.4. The summed E-state index contributed by atoms with van der Waals surface area (Å²) in [6.45, 7) is 3.76. The normalized spacial score (nSPS) is 12.0. The average Bonchev–Trinajstić information content (AvgIpc) is 3.22. The topological polar surface area (TPSA) is 91.6 Å². The van der Waals surface area contributed by atoms with Gasteiger partial charge in [-0.25, -0.2) is 0 Å². The van der Waals surface area contributed by atoms with E-state index >= 15 is 0 Å². The summed E-state index contributed by atoms with van der Waals surface area (Å²) < 4.78 is 5.41. The Labute approximate surface area is 162 Å². The van der Waals surface area contributed by atoms with E-state index in [4.69, 9.17) is 4.42 Å². The van der Waals surface area contributed by atoms with Crippen molar-refractivity contribution in [2.75, 3.05) is 24.7 Å². The zero-order valence-electron chi connectivity index (χ0n) is 16.3. The first kappa shape index (κ1) is 19.4. The van der Waals surface area contributed by atoms with Crippen LogP contribution < -0.4 is 21.5 Å². The largest absolute Gasteiger partial charge is 0.467 e. The molecule has 0 saturated carbocycles. The first-order chi connectivity index (χ1) is 13.3. The molecule has 2 N–H and O–H groups in total. The summed E-state index contributed by atoms with van der Waals surface area (Å²) >= 11 is 0. The molecule has 0 aliphatic heterocycles. The molecule has 28 heavy (non-hydrogen) atoms. The number of furan rings is 1. The third kappa shape index (κ3) is 3.43. The fraction of sp³-hybridized carbons (Fsp3) is 0.286. The lowest BCUT2D eigenvalue weighted by atomic mass is 10.0. The first-order valence-electron chi connectivity index (χ1n) is 9.06. The van der Waals surface area contributed by atoms with E-state index in [1.165, 1.54) is 4.90 Å². The van der Waals surface area contributed by atoms with Gasteiger partial charge in [-0.3, -0.25) is 14.4 Å². The Morgan fingerprint density at radius 2 is 1.82 bits per heavy atom. The van der Waals surface area contributed by atoms with Gasteiger partial charge in [-0.2, -0.15) is 0 Å². The fourth-order valence-electron chi connectivity index (χ4n) is 3.07. The maximum Gasteiger partial charge on any atom is 0.253 e. The predicted octanol–water partition coefficient (Wildman–Crippen LogP) is 3.19. The number of anilines is 3. The van der Waals surface area contributed by atoms with Crippen molar-refractivity contribution in [3.8, 4) is 0 Å². The quantitative estimate of drug-likeness (QED) is 0.611.